The van der Waals surface area contributed by atoms with Gasteiger partial charge in [0.2, 0.25) is 10.0 Å². The Labute approximate surface area is 126 Å². The smallest absolute Gasteiger partial charge is 0.207 e. The molecule has 0 radical (unpaired) electrons. The van der Waals surface area contributed by atoms with Gasteiger partial charge < -0.3 is 0 Å². The summed E-state index contributed by atoms with van der Waals surface area (Å²) >= 11 is 5.88. The van der Waals surface area contributed by atoms with Crippen molar-refractivity contribution in [3.8, 4) is 6.07 Å². The zero-order chi connectivity index (χ0) is 15.5. The topological polar surface area (TPSA) is 70.0 Å². The van der Waals surface area contributed by atoms with Crippen LogP contribution in [0.25, 0.3) is 0 Å². The summed E-state index contributed by atoms with van der Waals surface area (Å²) in [6.07, 6.45) is 0. The molecule has 21 heavy (non-hydrogen) atoms. The van der Waals surface area contributed by atoms with E-state index < -0.39 is 15.8 Å². The summed E-state index contributed by atoms with van der Waals surface area (Å²) in [5.41, 5.74) is 0.891. The lowest BCUT2D eigenvalue weighted by Gasteiger charge is -2.08. The van der Waals surface area contributed by atoms with Crippen LogP contribution in [0.5, 0.6) is 0 Å². The van der Waals surface area contributed by atoms with E-state index in [0.717, 1.165) is 0 Å². The first kappa shape index (κ1) is 15.4. The fourth-order valence-electron chi connectivity index (χ4n) is 1.65. The molecule has 2 rings (SSSR count). The molecule has 1 N–H and O–H groups in total. The van der Waals surface area contributed by atoms with Crippen LogP contribution >= 0.6 is 11.6 Å². The molecule has 0 aliphatic rings. The van der Waals surface area contributed by atoms with Crippen molar-refractivity contribution in [1.82, 2.24) is 4.72 Å². The maximum atomic E-state index is 12.8. The van der Waals surface area contributed by atoms with Gasteiger partial charge in [-0.05, 0) is 35.9 Å². The lowest BCUT2D eigenvalue weighted by Crippen LogP contribution is -2.23. The lowest BCUT2D eigenvalue weighted by molar-refractivity contribution is 0.581. The molecule has 0 saturated heterocycles. The van der Waals surface area contributed by atoms with Crippen LogP contribution in [0.3, 0.4) is 0 Å². The Bertz CT molecular complexity index is 799. The highest BCUT2D eigenvalue weighted by Crippen LogP contribution is 2.22. The first-order chi connectivity index (χ1) is 9.92. The second kappa shape index (κ2) is 6.22. The predicted molar refractivity (Wildman–Crippen MR) is 76.6 cm³/mol. The van der Waals surface area contributed by atoms with Crippen molar-refractivity contribution in [2.24, 2.45) is 0 Å². The molecule has 0 atom stereocenters. The van der Waals surface area contributed by atoms with Gasteiger partial charge in [-0.15, -0.1) is 0 Å². The third-order valence-electron chi connectivity index (χ3n) is 2.73. The molecule has 4 nitrogen and oxygen atoms in total. The number of hydrogen-bond acceptors (Lipinski definition) is 3. The molecule has 0 aliphatic carbocycles. The molecule has 0 bridgehead atoms. The molecule has 0 heterocycles. The van der Waals surface area contributed by atoms with E-state index in [-0.39, 0.29) is 22.0 Å². The molecule has 2 aromatic rings. The highest BCUT2D eigenvalue weighted by atomic mass is 35.5. The van der Waals surface area contributed by atoms with Crippen molar-refractivity contribution < 1.29 is 12.8 Å². The third kappa shape index (κ3) is 3.79. The van der Waals surface area contributed by atoms with Gasteiger partial charge in [-0.1, -0.05) is 23.7 Å². The van der Waals surface area contributed by atoms with Crippen molar-refractivity contribution in [2.75, 3.05) is 0 Å². The molecule has 0 spiro atoms. The number of benzene rings is 2. The fraction of sp³-hybridized carbons (Fsp3) is 0.0714. The Kier molecular flexibility index (Phi) is 4.58. The van der Waals surface area contributed by atoms with Crippen molar-refractivity contribution in [1.29, 1.82) is 5.26 Å². The highest BCUT2D eigenvalue weighted by molar-refractivity contribution is 7.89. The number of nitrogens with zero attached hydrogens (tertiary/aromatic N) is 1. The normalized spacial score (nSPS) is 11.1. The number of halogens is 2. The van der Waals surface area contributed by atoms with Crippen LogP contribution in [-0.2, 0) is 16.6 Å². The second-order valence-corrected chi connectivity index (χ2v) is 6.35. The summed E-state index contributed by atoms with van der Waals surface area (Å²) in [5.74, 6) is -0.392. The first-order valence-corrected chi connectivity index (χ1v) is 7.72. The zero-order valence-electron chi connectivity index (χ0n) is 10.7. The average molecular weight is 325 g/mol. The first-order valence-electron chi connectivity index (χ1n) is 5.86. The van der Waals surface area contributed by atoms with Gasteiger partial charge in [0.15, 0.2) is 0 Å². The fourth-order valence-corrected chi connectivity index (χ4v) is 3.21. The molecule has 0 unspecified atom stereocenters. The number of nitrogens with one attached hydrogen (secondary N) is 1. The van der Waals surface area contributed by atoms with Gasteiger partial charge in [0.1, 0.15) is 10.7 Å². The molecule has 108 valence electrons. The number of rotatable bonds is 4. The van der Waals surface area contributed by atoms with Crippen molar-refractivity contribution in [3.05, 3.63) is 64.4 Å². The van der Waals surface area contributed by atoms with E-state index in [4.69, 9.17) is 16.9 Å². The van der Waals surface area contributed by atoms with Crippen LogP contribution in [0.2, 0.25) is 5.02 Å². The van der Waals surface area contributed by atoms with Crippen molar-refractivity contribution in [3.63, 3.8) is 0 Å². The SMILES string of the molecule is N#Cc1ccc(S(=O)(=O)NCc2ccc(F)cc2)c(Cl)c1. The van der Waals surface area contributed by atoms with E-state index in [0.29, 0.717) is 5.56 Å². The number of sulfonamides is 1. The van der Waals surface area contributed by atoms with Crippen LogP contribution in [0.4, 0.5) is 4.39 Å². The summed E-state index contributed by atoms with van der Waals surface area (Å²) in [6, 6.07) is 11.3. The average Bonchev–Trinajstić information content (AvgIpc) is 2.46. The molecule has 0 aliphatic heterocycles. The van der Waals surface area contributed by atoms with E-state index in [1.54, 1.807) is 0 Å². The maximum Gasteiger partial charge on any atom is 0.242 e. The largest absolute Gasteiger partial charge is 0.242 e. The summed E-state index contributed by atoms with van der Waals surface area (Å²) in [4.78, 5) is -0.106. The maximum absolute atomic E-state index is 12.8. The van der Waals surface area contributed by atoms with Gasteiger partial charge in [-0.3, -0.25) is 0 Å². The van der Waals surface area contributed by atoms with Crippen LogP contribution < -0.4 is 4.72 Å². The van der Waals surface area contributed by atoms with E-state index >= 15 is 0 Å². The van der Waals surface area contributed by atoms with Gasteiger partial charge in [0.05, 0.1) is 16.7 Å². The molecule has 7 heteroatoms. The summed E-state index contributed by atoms with van der Waals surface area (Å²) in [5, 5.41) is 8.70. The lowest BCUT2D eigenvalue weighted by atomic mass is 10.2. The Balaban J connectivity index is 2.19. The second-order valence-electron chi connectivity index (χ2n) is 4.21. The summed E-state index contributed by atoms with van der Waals surface area (Å²) in [6.45, 7) is 0.0128. The van der Waals surface area contributed by atoms with Gasteiger partial charge >= 0.3 is 0 Å². The van der Waals surface area contributed by atoms with E-state index in [9.17, 15) is 12.8 Å². The highest BCUT2D eigenvalue weighted by Gasteiger charge is 2.17. The van der Waals surface area contributed by atoms with Crippen LogP contribution in [-0.4, -0.2) is 8.42 Å². The molecular weight excluding hydrogens is 315 g/mol. The minimum absolute atomic E-state index is 0.0128. The third-order valence-corrected chi connectivity index (χ3v) is 4.61. The zero-order valence-corrected chi connectivity index (χ0v) is 12.2. The Morgan fingerprint density at radius 3 is 2.43 bits per heavy atom. The Morgan fingerprint density at radius 1 is 1.19 bits per heavy atom. The standard InChI is InChI=1S/C14H10ClFN2O2S/c15-13-7-11(8-17)3-6-14(13)21(19,20)18-9-10-1-4-12(16)5-2-10/h1-7,18H,9H2. The van der Waals surface area contributed by atoms with Crippen LogP contribution in [0, 0.1) is 17.1 Å². The molecule has 0 aromatic heterocycles. The quantitative estimate of drug-likeness (QED) is 0.940. The van der Waals surface area contributed by atoms with Gasteiger partial charge in [-0.2, -0.15) is 5.26 Å². The van der Waals surface area contributed by atoms with Crippen LogP contribution in [0.1, 0.15) is 11.1 Å². The minimum Gasteiger partial charge on any atom is -0.207 e. The van der Waals surface area contributed by atoms with Crippen LogP contribution in [0.15, 0.2) is 47.4 Å². The summed E-state index contributed by atoms with van der Waals surface area (Å²) in [7, 11) is -3.81. The van der Waals surface area contributed by atoms with E-state index in [1.807, 2.05) is 6.07 Å². The Hall–Kier alpha value is -1.94. The van der Waals surface area contributed by atoms with Crippen molar-refractivity contribution in [2.45, 2.75) is 11.4 Å². The molecule has 0 fully saturated rings. The van der Waals surface area contributed by atoms with E-state index in [2.05, 4.69) is 4.72 Å². The molecule has 2 aromatic carbocycles. The predicted octanol–water partition coefficient (Wildman–Crippen LogP) is 2.83. The van der Waals surface area contributed by atoms with E-state index in [1.165, 1.54) is 42.5 Å². The molecule has 0 amide bonds. The molecule has 0 saturated carbocycles. The van der Waals surface area contributed by atoms with Gasteiger partial charge in [0.25, 0.3) is 0 Å². The monoisotopic (exact) mass is 324 g/mol. The minimum atomic E-state index is -3.81. The van der Waals surface area contributed by atoms with Crippen molar-refractivity contribution >= 4 is 21.6 Å². The summed E-state index contributed by atoms with van der Waals surface area (Å²) < 4.78 is 39.4. The number of hydrogen-bond donors (Lipinski definition) is 1. The number of nitriles is 1. The molecular formula is C14H10ClFN2O2S. The van der Waals surface area contributed by atoms with Gasteiger partial charge in [-0.25, -0.2) is 17.5 Å². The Morgan fingerprint density at radius 2 is 1.86 bits per heavy atom. The van der Waals surface area contributed by atoms with Gasteiger partial charge in [0, 0.05) is 6.54 Å².